The van der Waals surface area contributed by atoms with Crippen LogP contribution in [0.2, 0.25) is 0 Å². The first-order valence-electron chi connectivity index (χ1n) is 8.22. The van der Waals surface area contributed by atoms with Crippen LogP contribution in [0.3, 0.4) is 0 Å². The van der Waals surface area contributed by atoms with Gasteiger partial charge in [-0.15, -0.1) is 11.3 Å². The molecule has 0 radical (unpaired) electrons. The minimum absolute atomic E-state index is 0.316. The number of rotatable bonds is 5. The maximum atomic E-state index is 9.75. The van der Waals surface area contributed by atoms with Crippen LogP contribution in [0.5, 0.6) is 0 Å². The molecular formula is C17H20N4O3S. The number of aliphatic hydroxyl groups excluding tert-OH is 2. The maximum absolute atomic E-state index is 9.75. The van der Waals surface area contributed by atoms with Gasteiger partial charge in [0.25, 0.3) is 0 Å². The van der Waals surface area contributed by atoms with Gasteiger partial charge in [-0.05, 0) is 24.4 Å². The van der Waals surface area contributed by atoms with Gasteiger partial charge >= 0.3 is 0 Å². The van der Waals surface area contributed by atoms with Crippen LogP contribution in [0.25, 0.3) is 10.8 Å². The molecule has 1 atom stereocenters. The Balaban J connectivity index is 1.48. The van der Waals surface area contributed by atoms with Crippen molar-refractivity contribution < 1.29 is 14.6 Å². The molecule has 0 aliphatic carbocycles. The smallest absolute Gasteiger partial charge is 0.236 e. The van der Waals surface area contributed by atoms with E-state index in [1.54, 1.807) is 11.3 Å². The van der Waals surface area contributed by atoms with Gasteiger partial charge in [0, 0.05) is 19.6 Å². The molecule has 0 fully saturated rings. The first kappa shape index (κ1) is 16.5. The largest absolute Gasteiger partial charge is 0.440 e. The van der Waals surface area contributed by atoms with Crippen LogP contribution in [0.4, 0.5) is 0 Å². The van der Waals surface area contributed by atoms with Gasteiger partial charge in [-0.25, -0.2) is 4.98 Å². The van der Waals surface area contributed by atoms with Gasteiger partial charge in [0.05, 0.1) is 35.1 Å². The number of thiophene rings is 1. The van der Waals surface area contributed by atoms with E-state index in [1.807, 2.05) is 35.2 Å². The molecule has 0 aromatic carbocycles. The quantitative estimate of drug-likeness (QED) is 0.723. The predicted octanol–water partition coefficient (Wildman–Crippen LogP) is 1.95. The molecule has 0 saturated heterocycles. The molecule has 2 N–H and O–H groups in total. The topological polar surface area (TPSA) is 87.6 Å². The minimum atomic E-state index is -0.919. The van der Waals surface area contributed by atoms with E-state index in [2.05, 4.69) is 15.0 Å². The van der Waals surface area contributed by atoms with E-state index in [9.17, 15) is 5.11 Å². The Morgan fingerprint density at radius 2 is 2.28 bits per heavy atom. The van der Waals surface area contributed by atoms with Gasteiger partial charge in [-0.1, -0.05) is 6.07 Å². The van der Waals surface area contributed by atoms with Crippen molar-refractivity contribution in [2.75, 3.05) is 13.2 Å². The summed E-state index contributed by atoms with van der Waals surface area (Å²) in [5.74, 6) is 1.52. The zero-order valence-corrected chi connectivity index (χ0v) is 14.7. The summed E-state index contributed by atoms with van der Waals surface area (Å²) in [6, 6.07) is 5.86. The van der Waals surface area contributed by atoms with Crippen molar-refractivity contribution in [3.05, 3.63) is 46.4 Å². The summed E-state index contributed by atoms with van der Waals surface area (Å²) in [5, 5.41) is 25.2. The predicted molar refractivity (Wildman–Crippen MR) is 92.9 cm³/mol. The first-order chi connectivity index (χ1) is 12.1. The van der Waals surface area contributed by atoms with Crippen molar-refractivity contribution in [1.29, 1.82) is 0 Å². The number of fused-ring (bicyclic) bond motifs is 1. The number of hydrogen-bond donors (Lipinski definition) is 2. The lowest BCUT2D eigenvalue weighted by Gasteiger charge is -2.26. The van der Waals surface area contributed by atoms with Gasteiger partial charge in [-0.3, -0.25) is 9.58 Å². The molecule has 25 heavy (non-hydrogen) atoms. The third-order valence-electron chi connectivity index (χ3n) is 4.41. The Kier molecular flexibility index (Phi) is 4.43. The Hall–Kier alpha value is -2.00. The second-order valence-electron chi connectivity index (χ2n) is 6.19. The monoisotopic (exact) mass is 360 g/mol. The Bertz CT molecular complexity index is 856. The molecule has 0 saturated carbocycles. The zero-order valence-electron chi connectivity index (χ0n) is 13.9. The number of aryl methyl sites for hydroxylation is 1. The standard InChI is InChI=1S/C17H20N4O3S/c1-11-14(18-17(24-11)16-3-2-6-25-16)9-20-4-5-21-12(8-20)7-13(19-21)15(23)10-22/h2-3,6-7,15,22-23H,4-5,8-10H2,1H3. The molecule has 1 aliphatic rings. The average Bonchev–Trinajstić information content (AvgIpc) is 3.33. The Labute approximate surface area is 149 Å². The summed E-state index contributed by atoms with van der Waals surface area (Å²) in [4.78, 5) is 7.98. The van der Waals surface area contributed by atoms with E-state index in [4.69, 9.17) is 9.52 Å². The molecule has 0 bridgehead atoms. The molecule has 3 aromatic rings. The molecule has 132 valence electrons. The number of nitrogens with zero attached hydrogens (tertiary/aromatic N) is 4. The number of aliphatic hydroxyl groups is 2. The highest BCUT2D eigenvalue weighted by molar-refractivity contribution is 7.13. The number of aromatic nitrogens is 3. The van der Waals surface area contributed by atoms with Gasteiger partial charge in [0.2, 0.25) is 5.89 Å². The maximum Gasteiger partial charge on any atom is 0.236 e. The van der Waals surface area contributed by atoms with Gasteiger partial charge in [-0.2, -0.15) is 5.10 Å². The lowest BCUT2D eigenvalue weighted by molar-refractivity contribution is 0.0915. The molecule has 1 unspecified atom stereocenters. The lowest BCUT2D eigenvalue weighted by Crippen LogP contribution is -2.33. The molecule has 8 heteroatoms. The summed E-state index contributed by atoms with van der Waals surface area (Å²) < 4.78 is 7.71. The number of hydrogen-bond acceptors (Lipinski definition) is 7. The van der Waals surface area contributed by atoms with E-state index < -0.39 is 6.10 Å². The van der Waals surface area contributed by atoms with Crippen molar-refractivity contribution in [2.45, 2.75) is 32.7 Å². The van der Waals surface area contributed by atoms with Crippen LogP contribution >= 0.6 is 11.3 Å². The van der Waals surface area contributed by atoms with Crippen molar-refractivity contribution in [2.24, 2.45) is 0 Å². The summed E-state index contributed by atoms with van der Waals surface area (Å²) in [7, 11) is 0. The van der Waals surface area contributed by atoms with E-state index >= 15 is 0 Å². The van der Waals surface area contributed by atoms with Gasteiger partial charge in [0.1, 0.15) is 11.9 Å². The zero-order chi connectivity index (χ0) is 17.4. The van der Waals surface area contributed by atoms with Crippen LogP contribution < -0.4 is 0 Å². The fourth-order valence-electron chi connectivity index (χ4n) is 3.03. The van der Waals surface area contributed by atoms with Crippen LogP contribution in [-0.4, -0.2) is 43.0 Å². The molecule has 7 nitrogen and oxygen atoms in total. The molecule has 3 aromatic heterocycles. The van der Waals surface area contributed by atoms with Crippen molar-refractivity contribution in [1.82, 2.24) is 19.7 Å². The average molecular weight is 360 g/mol. The van der Waals surface area contributed by atoms with Crippen molar-refractivity contribution in [3.8, 4) is 10.8 Å². The third kappa shape index (κ3) is 3.25. The van der Waals surface area contributed by atoms with Crippen LogP contribution in [-0.2, 0) is 19.6 Å². The van der Waals surface area contributed by atoms with Crippen LogP contribution in [0, 0.1) is 6.92 Å². The van der Waals surface area contributed by atoms with E-state index in [1.165, 1.54) is 0 Å². The highest BCUT2D eigenvalue weighted by atomic mass is 32.1. The summed E-state index contributed by atoms with van der Waals surface area (Å²) in [6.07, 6.45) is -0.919. The molecule has 1 aliphatic heterocycles. The first-order valence-corrected chi connectivity index (χ1v) is 9.10. The summed E-state index contributed by atoms with van der Waals surface area (Å²) >= 11 is 1.62. The Morgan fingerprint density at radius 3 is 3.04 bits per heavy atom. The molecule has 4 rings (SSSR count). The van der Waals surface area contributed by atoms with E-state index in [-0.39, 0.29) is 6.61 Å². The molecule has 0 spiro atoms. The van der Waals surface area contributed by atoms with Crippen molar-refractivity contribution >= 4 is 11.3 Å². The summed E-state index contributed by atoms with van der Waals surface area (Å²) in [6.45, 7) is 4.68. The van der Waals surface area contributed by atoms with Crippen LogP contribution in [0.1, 0.15) is 28.9 Å². The second kappa shape index (κ2) is 6.72. The second-order valence-corrected chi connectivity index (χ2v) is 7.14. The third-order valence-corrected chi connectivity index (χ3v) is 5.27. The van der Waals surface area contributed by atoms with E-state index in [0.29, 0.717) is 18.1 Å². The minimum Gasteiger partial charge on any atom is -0.440 e. The fraction of sp³-hybridized carbons (Fsp3) is 0.412. The SMILES string of the molecule is Cc1oc(-c2cccs2)nc1CN1CCn2nc(C(O)CO)cc2C1. The lowest BCUT2D eigenvalue weighted by atomic mass is 10.2. The van der Waals surface area contributed by atoms with E-state index in [0.717, 1.165) is 41.7 Å². The number of oxazole rings is 1. The Morgan fingerprint density at radius 1 is 1.40 bits per heavy atom. The fourth-order valence-corrected chi connectivity index (χ4v) is 3.68. The molecule has 4 heterocycles. The molecular weight excluding hydrogens is 340 g/mol. The van der Waals surface area contributed by atoms with Crippen molar-refractivity contribution in [3.63, 3.8) is 0 Å². The normalized spacial score (nSPS) is 16.1. The highest BCUT2D eigenvalue weighted by Gasteiger charge is 2.23. The van der Waals surface area contributed by atoms with Gasteiger partial charge in [0.15, 0.2) is 0 Å². The highest BCUT2D eigenvalue weighted by Crippen LogP contribution is 2.27. The van der Waals surface area contributed by atoms with Crippen LogP contribution in [0.15, 0.2) is 28.0 Å². The van der Waals surface area contributed by atoms with Gasteiger partial charge < -0.3 is 14.6 Å². The summed E-state index contributed by atoms with van der Waals surface area (Å²) in [5.41, 5.74) is 2.51. The molecule has 0 amide bonds.